The fraction of sp³-hybridized carbons (Fsp3) is 0.176. The van der Waals surface area contributed by atoms with Crippen molar-refractivity contribution in [3.8, 4) is 5.75 Å². The largest absolute Gasteiger partial charge is 0.495 e. The van der Waals surface area contributed by atoms with Gasteiger partial charge in [-0.25, -0.2) is 9.18 Å². The number of methoxy groups -OCH3 is 1. The summed E-state index contributed by atoms with van der Waals surface area (Å²) in [6.07, 6.45) is -1.08. The molecular formula is C17H15ClFNO4. The summed E-state index contributed by atoms with van der Waals surface area (Å²) >= 11 is 5.80. The molecule has 0 heterocycles. The van der Waals surface area contributed by atoms with Gasteiger partial charge < -0.3 is 14.8 Å². The van der Waals surface area contributed by atoms with Crippen LogP contribution in [0.15, 0.2) is 42.5 Å². The first-order valence-corrected chi connectivity index (χ1v) is 7.40. The molecule has 0 radical (unpaired) electrons. The highest BCUT2D eigenvalue weighted by Gasteiger charge is 2.21. The molecule has 0 aliphatic rings. The first-order valence-electron chi connectivity index (χ1n) is 7.02. The van der Waals surface area contributed by atoms with E-state index in [2.05, 4.69) is 5.32 Å². The molecule has 1 atom stereocenters. The second-order valence-corrected chi connectivity index (χ2v) is 5.27. The number of ether oxygens (including phenoxy) is 2. The third-order valence-electron chi connectivity index (χ3n) is 3.17. The third-order valence-corrected chi connectivity index (χ3v) is 3.48. The monoisotopic (exact) mass is 351 g/mol. The Morgan fingerprint density at radius 3 is 2.58 bits per heavy atom. The van der Waals surface area contributed by atoms with E-state index in [0.717, 1.165) is 12.1 Å². The molecule has 0 bridgehead atoms. The number of anilines is 1. The van der Waals surface area contributed by atoms with Gasteiger partial charge >= 0.3 is 5.97 Å². The molecule has 0 saturated carbocycles. The van der Waals surface area contributed by atoms with Crippen LogP contribution in [0.1, 0.15) is 17.3 Å². The first kappa shape index (κ1) is 17.7. The molecule has 0 spiro atoms. The highest BCUT2D eigenvalue weighted by atomic mass is 35.5. The van der Waals surface area contributed by atoms with Gasteiger partial charge in [-0.3, -0.25) is 4.79 Å². The number of esters is 1. The van der Waals surface area contributed by atoms with E-state index in [9.17, 15) is 14.0 Å². The molecular weight excluding hydrogens is 337 g/mol. The van der Waals surface area contributed by atoms with Crippen molar-refractivity contribution in [1.29, 1.82) is 0 Å². The van der Waals surface area contributed by atoms with E-state index in [1.54, 1.807) is 24.3 Å². The van der Waals surface area contributed by atoms with Crippen LogP contribution in [0.25, 0.3) is 0 Å². The highest BCUT2D eigenvalue weighted by molar-refractivity contribution is 6.33. The van der Waals surface area contributed by atoms with Gasteiger partial charge in [0.25, 0.3) is 5.91 Å². The van der Waals surface area contributed by atoms with Crippen molar-refractivity contribution in [2.45, 2.75) is 13.0 Å². The summed E-state index contributed by atoms with van der Waals surface area (Å²) in [5.41, 5.74) is 0.433. The van der Waals surface area contributed by atoms with Crippen molar-refractivity contribution in [3.05, 3.63) is 58.9 Å². The van der Waals surface area contributed by atoms with Crippen LogP contribution in [0, 0.1) is 5.82 Å². The van der Waals surface area contributed by atoms with E-state index in [1.165, 1.54) is 20.1 Å². The van der Waals surface area contributed by atoms with Gasteiger partial charge in [-0.05, 0) is 37.3 Å². The van der Waals surface area contributed by atoms with Crippen molar-refractivity contribution in [3.63, 3.8) is 0 Å². The van der Waals surface area contributed by atoms with E-state index in [4.69, 9.17) is 21.1 Å². The average molecular weight is 352 g/mol. The Kier molecular flexibility index (Phi) is 5.76. The smallest absolute Gasteiger partial charge is 0.340 e. The van der Waals surface area contributed by atoms with E-state index in [0.29, 0.717) is 11.4 Å². The molecule has 0 aliphatic carbocycles. The number of hydrogen-bond acceptors (Lipinski definition) is 4. The van der Waals surface area contributed by atoms with E-state index < -0.39 is 23.8 Å². The van der Waals surface area contributed by atoms with Crippen LogP contribution in [0.2, 0.25) is 5.02 Å². The zero-order chi connectivity index (χ0) is 17.7. The van der Waals surface area contributed by atoms with Crippen molar-refractivity contribution in [2.75, 3.05) is 12.4 Å². The standard InChI is InChI=1S/C17H15ClFNO4/c1-10(16(21)20-14-5-3-4-6-15(14)23-2)24-17(22)12-8-7-11(19)9-13(12)18/h3-10H,1-2H3,(H,20,21)/t10-/m1/s1. The summed E-state index contributed by atoms with van der Waals surface area (Å²) in [7, 11) is 1.48. The van der Waals surface area contributed by atoms with Crippen LogP contribution < -0.4 is 10.1 Å². The zero-order valence-corrected chi connectivity index (χ0v) is 13.8. The lowest BCUT2D eigenvalue weighted by atomic mass is 10.2. The maximum Gasteiger partial charge on any atom is 0.340 e. The fourth-order valence-corrected chi connectivity index (χ4v) is 2.16. The molecule has 24 heavy (non-hydrogen) atoms. The molecule has 0 unspecified atom stereocenters. The number of carbonyl (C=O) groups excluding carboxylic acids is 2. The van der Waals surface area contributed by atoms with Crippen LogP contribution >= 0.6 is 11.6 Å². The Balaban J connectivity index is 2.04. The minimum atomic E-state index is -1.08. The Hall–Kier alpha value is -2.60. The average Bonchev–Trinajstić information content (AvgIpc) is 2.55. The van der Waals surface area contributed by atoms with Gasteiger partial charge in [0, 0.05) is 0 Å². The lowest BCUT2D eigenvalue weighted by molar-refractivity contribution is -0.123. The Morgan fingerprint density at radius 1 is 1.21 bits per heavy atom. The first-order chi connectivity index (χ1) is 11.4. The lowest BCUT2D eigenvalue weighted by Gasteiger charge is -2.15. The molecule has 126 valence electrons. The number of carbonyl (C=O) groups is 2. The second-order valence-electron chi connectivity index (χ2n) is 4.86. The maximum atomic E-state index is 13.0. The van der Waals surface area contributed by atoms with Gasteiger partial charge in [0.1, 0.15) is 11.6 Å². The predicted molar refractivity (Wildman–Crippen MR) is 87.9 cm³/mol. The van der Waals surface area contributed by atoms with Crippen LogP contribution in [-0.4, -0.2) is 25.1 Å². The van der Waals surface area contributed by atoms with Crippen molar-refractivity contribution in [1.82, 2.24) is 0 Å². The molecule has 7 heteroatoms. The molecule has 2 aromatic rings. The summed E-state index contributed by atoms with van der Waals surface area (Å²) in [6.45, 7) is 1.42. The molecule has 1 amide bonds. The maximum absolute atomic E-state index is 13.0. The number of rotatable bonds is 5. The van der Waals surface area contributed by atoms with Crippen LogP contribution in [0.4, 0.5) is 10.1 Å². The molecule has 0 fully saturated rings. The van der Waals surface area contributed by atoms with E-state index in [1.807, 2.05) is 0 Å². The number of para-hydroxylation sites is 2. The molecule has 5 nitrogen and oxygen atoms in total. The number of benzene rings is 2. The van der Waals surface area contributed by atoms with Crippen molar-refractivity contribution in [2.24, 2.45) is 0 Å². The van der Waals surface area contributed by atoms with Gasteiger partial charge in [0.2, 0.25) is 0 Å². The molecule has 0 aliphatic heterocycles. The predicted octanol–water partition coefficient (Wildman–Crippen LogP) is 3.67. The van der Waals surface area contributed by atoms with Gasteiger partial charge in [0.15, 0.2) is 6.10 Å². The van der Waals surface area contributed by atoms with Gasteiger partial charge in [-0.1, -0.05) is 23.7 Å². The second kappa shape index (κ2) is 7.79. The molecule has 2 aromatic carbocycles. The highest BCUT2D eigenvalue weighted by Crippen LogP contribution is 2.23. The normalized spacial score (nSPS) is 11.5. The number of hydrogen-bond donors (Lipinski definition) is 1. The van der Waals surface area contributed by atoms with Gasteiger partial charge in [-0.15, -0.1) is 0 Å². The zero-order valence-electron chi connectivity index (χ0n) is 13.0. The van der Waals surface area contributed by atoms with Gasteiger partial charge in [0.05, 0.1) is 23.4 Å². The van der Waals surface area contributed by atoms with Gasteiger partial charge in [-0.2, -0.15) is 0 Å². The summed E-state index contributed by atoms with van der Waals surface area (Å²) < 4.78 is 23.2. The lowest BCUT2D eigenvalue weighted by Crippen LogP contribution is -2.30. The number of amides is 1. The minimum Gasteiger partial charge on any atom is -0.495 e. The third kappa shape index (κ3) is 4.23. The molecule has 2 rings (SSSR count). The number of nitrogens with one attached hydrogen (secondary N) is 1. The molecule has 0 saturated heterocycles. The SMILES string of the molecule is COc1ccccc1NC(=O)[C@@H](C)OC(=O)c1ccc(F)cc1Cl. The van der Waals surface area contributed by atoms with Crippen LogP contribution in [0.3, 0.4) is 0 Å². The molecule has 1 N–H and O–H groups in total. The van der Waals surface area contributed by atoms with E-state index in [-0.39, 0.29) is 10.6 Å². The van der Waals surface area contributed by atoms with E-state index >= 15 is 0 Å². The summed E-state index contributed by atoms with van der Waals surface area (Å²) in [5.74, 6) is -1.45. The molecule has 0 aromatic heterocycles. The Bertz CT molecular complexity index is 766. The van der Waals surface area contributed by atoms with Crippen molar-refractivity contribution < 1.29 is 23.5 Å². The topological polar surface area (TPSA) is 64.6 Å². The van der Waals surface area contributed by atoms with Crippen molar-refractivity contribution >= 4 is 29.2 Å². The Labute approximate surface area is 143 Å². The Morgan fingerprint density at radius 2 is 1.92 bits per heavy atom. The van der Waals surface area contributed by atoms with Crippen LogP contribution in [0.5, 0.6) is 5.75 Å². The summed E-state index contributed by atoms with van der Waals surface area (Å²) in [5, 5.41) is 2.52. The summed E-state index contributed by atoms with van der Waals surface area (Å²) in [6, 6.07) is 10.1. The quantitative estimate of drug-likeness (QED) is 0.835. The van der Waals surface area contributed by atoms with Crippen LogP contribution in [-0.2, 0) is 9.53 Å². The number of halogens is 2. The summed E-state index contributed by atoms with van der Waals surface area (Å²) in [4.78, 5) is 24.2. The fourth-order valence-electron chi connectivity index (χ4n) is 1.91. The minimum absolute atomic E-state index is 0.0185.